The summed E-state index contributed by atoms with van der Waals surface area (Å²) < 4.78 is 9.37. The van der Waals surface area contributed by atoms with Crippen LogP contribution in [0.25, 0.3) is 0 Å². The minimum Gasteiger partial charge on any atom is -0.465 e. The molecule has 0 aliphatic carbocycles. The van der Waals surface area contributed by atoms with Crippen molar-refractivity contribution in [2.75, 3.05) is 24.9 Å². The quantitative estimate of drug-likeness (QED) is 0.460. The summed E-state index contributed by atoms with van der Waals surface area (Å²) in [6, 6.07) is 17.1. The Morgan fingerprint density at radius 1 is 0.706 bits per heavy atom. The van der Waals surface area contributed by atoms with Crippen LogP contribution in [0, 0.1) is 0 Å². The number of esters is 2. The number of anilines is 2. The maximum atomic E-state index is 12.8. The predicted molar refractivity (Wildman–Crippen MR) is 126 cm³/mol. The van der Waals surface area contributed by atoms with E-state index in [0.717, 1.165) is 0 Å². The molecule has 0 unspecified atom stereocenters. The third-order valence-corrected chi connectivity index (χ3v) is 4.93. The van der Waals surface area contributed by atoms with Gasteiger partial charge in [0.05, 0.1) is 25.3 Å². The molecule has 0 heterocycles. The summed E-state index contributed by atoms with van der Waals surface area (Å²) in [6.07, 6.45) is 0. The van der Waals surface area contributed by atoms with Gasteiger partial charge in [0.2, 0.25) is 0 Å². The van der Waals surface area contributed by atoms with E-state index in [4.69, 9.17) is 5.73 Å². The van der Waals surface area contributed by atoms with Crippen LogP contribution >= 0.6 is 0 Å². The zero-order valence-electron chi connectivity index (χ0n) is 18.6. The van der Waals surface area contributed by atoms with Crippen molar-refractivity contribution in [1.29, 1.82) is 0 Å². The van der Waals surface area contributed by atoms with Crippen LogP contribution in [0.3, 0.4) is 0 Å². The zero-order chi connectivity index (χ0) is 24.7. The summed E-state index contributed by atoms with van der Waals surface area (Å²) in [7, 11) is 2.52. The highest BCUT2D eigenvalue weighted by molar-refractivity contribution is 6.08. The molecule has 3 rings (SSSR count). The third-order valence-electron chi connectivity index (χ3n) is 4.93. The van der Waals surface area contributed by atoms with Crippen molar-refractivity contribution in [2.24, 2.45) is 5.73 Å². The summed E-state index contributed by atoms with van der Waals surface area (Å²) in [5.74, 6) is -2.02. The Kier molecular flexibility index (Phi) is 7.73. The molecule has 9 heteroatoms. The number of nitrogens with one attached hydrogen (secondary N) is 2. The molecular weight excluding hydrogens is 438 g/mol. The molecule has 4 N–H and O–H groups in total. The van der Waals surface area contributed by atoms with Crippen molar-refractivity contribution < 1.29 is 28.7 Å². The van der Waals surface area contributed by atoms with E-state index >= 15 is 0 Å². The van der Waals surface area contributed by atoms with Gasteiger partial charge in [-0.1, -0.05) is 18.2 Å². The van der Waals surface area contributed by atoms with Crippen LogP contribution in [-0.4, -0.2) is 38.0 Å². The van der Waals surface area contributed by atoms with Gasteiger partial charge in [-0.15, -0.1) is 0 Å². The molecule has 0 radical (unpaired) electrons. The van der Waals surface area contributed by atoms with Crippen molar-refractivity contribution in [1.82, 2.24) is 0 Å². The minimum atomic E-state index is -0.557. The zero-order valence-corrected chi connectivity index (χ0v) is 18.6. The highest BCUT2D eigenvalue weighted by Crippen LogP contribution is 2.23. The number of hydrogen-bond donors (Lipinski definition) is 3. The van der Waals surface area contributed by atoms with Crippen LogP contribution in [0.1, 0.15) is 47.0 Å². The Labute approximate surface area is 195 Å². The van der Waals surface area contributed by atoms with Crippen LogP contribution in [-0.2, 0) is 16.0 Å². The average molecular weight is 461 g/mol. The molecule has 0 saturated heterocycles. The van der Waals surface area contributed by atoms with Gasteiger partial charge in [0.25, 0.3) is 11.8 Å². The van der Waals surface area contributed by atoms with Crippen LogP contribution in [0.4, 0.5) is 11.4 Å². The van der Waals surface area contributed by atoms with E-state index in [1.165, 1.54) is 26.4 Å². The Morgan fingerprint density at radius 2 is 1.21 bits per heavy atom. The standard InChI is InChI=1S/C25H23N3O6/c1-33-24(31)17-7-3-5-15(11-17)22(29)27-20-10-9-19(14-26)21(13-20)28-23(30)16-6-4-8-18(12-16)25(32)34-2/h3-13H,14,26H2,1-2H3,(H,27,29)(H,28,30). The highest BCUT2D eigenvalue weighted by Gasteiger charge is 2.15. The molecule has 0 saturated carbocycles. The first-order valence-corrected chi connectivity index (χ1v) is 10.2. The lowest BCUT2D eigenvalue weighted by Crippen LogP contribution is -2.17. The first-order chi connectivity index (χ1) is 16.4. The first kappa shape index (κ1) is 24.1. The normalized spacial score (nSPS) is 10.2. The Hall–Kier alpha value is -4.50. The summed E-state index contributed by atoms with van der Waals surface area (Å²) in [4.78, 5) is 49.0. The number of benzene rings is 3. The number of carbonyl (C=O) groups is 4. The maximum Gasteiger partial charge on any atom is 0.337 e. The molecule has 3 aromatic rings. The van der Waals surface area contributed by atoms with Crippen molar-refractivity contribution in [3.8, 4) is 0 Å². The van der Waals surface area contributed by atoms with Gasteiger partial charge >= 0.3 is 11.9 Å². The maximum absolute atomic E-state index is 12.8. The van der Waals surface area contributed by atoms with Gasteiger partial charge < -0.3 is 25.8 Å². The summed E-state index contributed by atoms with van der Waals surface area (Å²) >= 11 is 0. The summed E-state index contributed by atoms with van der Waals surface area (Å²) in [5, 5.41) is 5.50. The summed E-state index contributed by atoms with van der Waals surface area (Å²) in [5.41, 5.74) is 8.25. The molecule has 0 aromatic heterocycles. The second kappa shape index (κ2) is 10.9. The van der Waals surface area contributed by atoms with E-state index in [1.54, 1.807) is 54.6 Å². The fourth-order valence-corrected chi connectivity index (χ4v) is 3.16. The molecule has 2 amide bonds. The number of hydrogen-bond acceptors (Lipinski definition) is 7. The van der Waals surface area contributed by atoms with Crippen molar-refractivity contribution >= 4 is 35.1 Å². The molecule has 0 atom stereocenters. The van der Waals surface area contributed by atoms with E-state index in [9.17, 15) is 19.2 Å². The minimum absolute atomic E-state index is 0.146. The molecule has 0 spiro atoms. The monoisotopic (exact) mass is 461 g/mol. The molecule has 0 fully saturated rings. The second-order valence-electron chi connectivity index (χ2n) is 7.13. The molecule has 0 aliphatic rings. The number of rotatable bonds is 7. The molecule has 174 valence electrons. The SMILES string of the molecule is COC(=O)c1cccc(C(=O)Nc2ccc(CN)c(NC(=O)c3cccc(C(=O)OC)c3)c2)c1. The number of amides is 2. The van der Waals surface area contributed by atoms with E-state index in [2.05, 4.69) is 20.1 Å². The topological polar surface area (TPSA) is 137 Å². The Balaban J connectivity index is 1.81. The van der Waals surface area contributed by atoms with E-state index in [-0.39, 0.29) is 28.8 Å². The predicted octanol–water partition coefficient (Wildman–Crippen LogP) is 3.22. The van der Waals surface area contributed by atoms with Gasteiger partial charge in [0.15, 0.2) is 0 Å². The molecule has 0 bridgehead atoms. The largest absolute Gasteiger partial charge is 0.465 e. The van der Waals surface area contributed by atoms with E-state index in [1.807, 2.05) is 0 Å². The molecule has 0 aliphatic heterocycles. The Morgan fingerprint density at radius 3 is 1.71 bits per heavy atom. The van der Waals surface area contributed by atoms with Gasteiger partial charge in [-0.3, -0.25) is 9.59 Å². The van der Waals surface area contributed by atoms with E-state index < -0.39 is 23.8 Å². The molecule has 3 aromatic carbocycles. The summed E-state index contributed by atoms with van der Waals surface area (Å²) in [6.45, 7) is 0.146. The number of methoxy groups -OCH3 is 2. The van der Waals surface area contributed by atoms with Crippen molar-refractivity contribution in [2.45, 2.75) is 6.54 Å². The number of carbonyl (C=O) groups excluding carboxylic acids is 4. The fourth-order valence-electron chi connectivity index (χ4n) is 3.16. The van der Waals surface area contributed by atoms with Crippen molar-refractivity contribution in [3.05, 3.63) is 94.5 Å². The first-order valence-electron chi connectivity index (χ1n) is 10.2. The molecule has 9 nitrogen and oxygen atoms in total. The Bertz CT molecular complexity index is 1250. The highest BCUT2D eigenvalue weighted by atomic mass is 16.5. The van der Waals surface area contributed by atoms with Crippen LogP contribution in [0.2, 0.25) is 0 Å². The van der Waals surface area contributed by atoms with Crippen LogP contribution in [0.5, 0.6) is 0 Å². The lowest BCUT2D eigenvalue weighted by Gasteiger charge is -2.13. The number of ether oxygens (including phenoxy) is 2. The number of nitrogens with two attached hydrogens (primary N) is 1. The van der Waals surface area contributed by atoms with Gasteiger partial charge in [-0.25, -0.2) is 9.59 Å². The molecule has 34 heavy (non-hydrogen) atoms. The average Bonchev–Trinajstić information content (AvgIpc) is 2.88. The van der Waals surface area contributed by atoms with E-state index in [0.29, 0.717) is 16.9 Å². The van der Waals surface area contributed by atoms with Crippen molar-refractivity contribution in [3.63, 3.8) is 0 Å². The van der Waals surface area contributed by atoms with Gasteiger partial charge in [-0.2, -0.15) is 0 Å². The third kappa shape index (κ3) is 5.64. The van der Waals surface area contributed by atoms with Gasteiger partial charge in [0.1, 0.15) is 0 Å². The fraction of sp³-hybridized carbons (Fsp3) is 0.120. The second-order valence-corrected chi connectivity index (χ2v) is 7.13. The lowest BCUT2D eigenvalue weighted by atomic mass is 10.1. The van der Waals surface area contributed by atoms with Crippen LogP contribution in [0.15, 0.2) is 66.7 Å². The lowest BCUT2D eigenvalue weighted by molar-refractivity contribution is 0.0591. The van der Waals surface area contributed by atoms with Crippen LogP contribution < -0.4 is 16.4 Å². The molecular formula is C25H23N3O6. The smallest absolute Gasteiger partial charge is 0.337 e. The van der Waals surface area contributed by atoms with Gasteiger partial charge in [0, 0.05) is 29.0 Å². The van der Waals surface area contributed by atoms with Gasteiger partial charge in [-0.05, 0) is 54.1 Å².